The molecule has 0 saturated heterocycles. The van der Waals surface area contributed by atoms with Gasteiger partial charge in [-0.3, -0.25) is 4.90 Å². The van der Waals surface area contributed by atoms with Gasteiger partial charge < -0.3 is 5.73 Å². The first-order chi connectivity index (χ1) is 6.37. The van der Waals surface area contributed by atoms with Gasteiger partial charge in [-0.15, -0.1) is 11.3 Å². The molecule has 0 aliphatic heterocycles. The van der Waals surface area contributed by atoms with Crippen LogP contribution in [-0.2, 0) is 6.54 Å². The Kier molecular flexibility index (Phi) is 3.95. The van der Waals surface area contributed by atoms with Crippen LogP contribution in [0.1, 0.15) is 18.7 Å². The quantitative estimate of drug-likeness (QED) is 0.865. The standard InChI is InChI=1S/C10H17ClN2S/c1-10(2,12)7-13(3)6-8-4-5-9(11)14-8/h4-5H,6-7,12H2,1-3H3. The molecule has 0 spiro atoms. The molecule has 0 bridgehead atoms. The number of hydrogen-bond donors (Lipinski definition) is 1. The molecule has 0 saturated carbocycles. The maximum Gasteiger partial charge on any atom is 0.0931 e. The van der Waals surface area contributed by atoms with Gasteiger partial charge in [0.05, 0.1) is 4.34 Å². The molecule has 0 radical (unpaired) electrons. The van der Waals surface area contributed by atoms with Crippen molar-refractivity contribution in [3.05, 3.63) is 21.3 Å². The van der Waals surface area contributed by atoms with Crippen molar-refractivity contribution in [1.29, 1.82) is 0 Å². The first kappa shape index (κ1) is 12.0. The van der Waals surface area contributed by atoms with Crippen LogP contribution in [0, 0.1) is 0 Å². The highest BCUT2D eigenvalue weighted by molar-refractivity contribution is 7.16. The van der Waals surface area contributed by atoms with Crippen molar-refractivity contribution in [3.8, 4) is 0 Å². The van der Waals surface area contributed by atoms with E-state index in [0.717, 1.165) is 17.4 Å². The lowest BCUT2D eigenvalue weighted by molar-refractivity contribution is 0.265. The molecule has 1 rings (SSSR count). The predicted octanol–water partition coefficient (Wildman–Crippen LogP) is 2.57. The lowest BCUT2D eigenvalue weighted by Gasteiger charge is -2.25. The van der Waals surface area contributed by atoms with Gasteiger partial charge >= 0.3 is 0 Å². The van der Waals surface area contributed by atoms with Gasteiger partial charge in [-0.25, -0.2) is 0 Å². The van der Waals surface area contributed by atoms with Gasteiger partial charge in [0.25, 0.3) is 0 Å². The van der Waals surface area contributed by atoms with Crippen molar-refractivity contribution in [1.82, 2.24) is 4.90 Å². The van der Waals surface area contributed by atoms with Crippen LogP contribution in [-0.4, -0.2) is 24.0 Å². The molecule has 0 aliphatic carbocycles. The molecule has 0 aromatic carbocycles. The van der Waals surface area contributed by atoms with Gasteiger partial charge in [-0.05, 0) is 33.0 Å². The second kappa shape index (κ2) is 4.62. The van der Waals surface area contributed by atoms with Crippen molar-refractivity contribution in [2.24, 2.45) is 5.73 Å². The summed E-state index contributed by atoms with van der Waals surface area (Å²) in [6.45, 7) is 5.86. The molecule has 1 aromatic heterocycles. The zero-order chi connectivity index (χ0) is 10.8. The fourth-order valence-corrected chi connectivity index (χ4v) is 2.62. The van der Waals surface area contributed by atoms with Gasteiger partial charge in [0.2, 0.25) is 0 Å². The lowest BCUT2D eigenvalue weighted by Crippen LogP contribution is -2.43. The molecular formula is C10H17ClN2S. The molecule has 2 nitrogen and oxygen atoms in total. The van der Waals surface area contributed by atoms with Gasteiger partial charge in [0.1, 0.15) is 0 Å². The molecule has 2 N–H and O–H groups in total. The van der Waals surface area contributed by atoms with Crippen molar-refractivity contribution in [3.63, 3.8) is 0 Å². The smallest absolute Gasteiger partial charge is 0.0931 e. The summed E-state index contributed by atoms with van der Waals surface area (Å²) in [4.78, 5) is 3.49. The Labute approximate surface area is 94.7 Å². The van der Waals surface area contributed by atoms with Crippen molar-refractivity contribution >= 4 is 22.9 Å². The van der Waals surface area contributed by atoms with Crippen LogP contribution in [0.2, 0.25) is 4.34 Å². The third-order valence-electron chi connectivity index (χ3n) is 1.73. The SMILES string of the molecule is CN(Cc1ccc(Cl)s1)CC(C)(C)N. The fraction of sp³-hybridized carbons (Fsp3) is 0.600. The van der Waals surface area contributed by atoms with E-state index >= 15 is 0 Å². The highest BCUT2D eigenvalue weighted by atomic mass is 35.5. The summed E-state index contributed by atoms with van der Waals surface area (Å²) in [5.74, 6) is 0. The third kappa shape index (κ3) is 4.42. The Hall–Kier alpha value is -0.0900. The summed E-state index contributed by atoms with van der Waals surface area (Å²) >= 11 is 7.48. The molecule has 0 fully saturated rings. The van der Waals surface area contributed by atoms with E-state index in [2.05, 4.69) is 18.0 Å². The first-order valence-electron chi connectivity index (χ1n) is 4.58. The zero-order valence-corrected chi connectivity index (χ0v) is 10.5. The van der Waals surface area contributed by atoms with E-state index in [1.54, 1.807) is 11.3 Å². The number of thiophene rings is 1. The summed E-state index contributed by atoms with van der Waals surface area (Å²) in [7, 11) is 2.07. The van der Waals surface area contributed by atoms with Crippen molar-refractivity contribution < 1.29 is 0 Å². The summed E-state index contributed by atoms with van der Waals surface area (Å²) in [6.07, 6.45) is 0. The lowest BCUT2D eigenvalue weighted by atomic mass is 10.1. The van der Waals surface area contributed by atoms with Crippen LogP contribution in [0.15, 0.2) is 12.1 Å². The van der Waals surface area contributed by atoms with Gasteiger partial charge in [-0.1, -0.05) is 11.6 Å². The minimum absolute atomic E-state index is 0.143. The second-order valence-electron chi connectivity index (χ2n) is 4.37. The molecule has 1 heterocycles. The fourth-order valence-electron chi connectivity index (χ4n) is 1.45. The van der Waals surface area contributed by atoms with Gasteiger partial charge in [0, 0.05) is 23.5 Å². The molecule has 0 amide bonds. The van der Waals surface area contributed by atoms with E-state index in [9.17, 15) is 0 Å². The van der Waals surface area contributed by atoms with E-state index in [4.69, 9.17) is 17.3 Å². The zero-order valence-electron chi connectivity index (χ0n) is 8.88. The summed E-state index contributed by atoms with van der Waals surface area (Å²) in [5.41, 5.74) is 5.79. The minimum atomic E-state index is -0.143. The summed E-state index contributed by atoms with van der Waals surface area (Å²) < 4.78 is 0.848. The predicted molar refractivity (Wildman–Crippen MR) is 63.9 cm³/mol. The molecule has 14 heavy (non-hydrogen) atoms. The molecule has 4 heteroatoms. The number of halogens is 1. The molecule has 0 aliphatic rings. The third-order valence-corrected chi connectivity index (χ3v) is 2.95. The van der Waals surface area contributed by atoms with E-state index in [-0.39, 0.29) is 5.54 Å². The van der Waals surface area contributed by atoms with Crippen molar-refractivity contribution in [2.45, 2.75) is 25.9 Å². The molecular weight excluding hydrogens is 216 g/mol. The van der Waals surface area contributed by atoms with E-state index < -0.39 is 0 Å². The number of hydrogen-bond acceptors (Lipinski definition) is 3. The van der Waals surface area contributed by atoms with E-state index in [1.807, 2.05) is 19.9 Å². The monoisotopic (exact) mass is 232 g/mol. The first-order valence-corrected chi connectivity index (χ1v) is 5.78. The van der Waals surface area contributed by atoms with Crippen molar-refractivity contribution in [2.75, 3.05) is 13.6 Å². The largest absolute Gasteiger partial charge is 0.324 e. The normalized spacial score (nSPS) is 12.4. The Morgan fingerprint density at radius 2 is 2.14 bits per heavy atom. The van der Waals surface area contributed by atoms with E-state index in [1.165, 1.54) is 4.88 Å². The van der Waals surface area contributed by atoms with Crippen LogP contribution in [0.4, 0.5) is 0 Å². The van der Waals surface area contributed by atoms with Crippen LogP contribution in [0.25, 0.3) is 0 Å². The average Bonchev–Trinajstić information content (AvgIpc) is 2.30. The minimum Gasteiger partial charge on any atom is -0.324 e. The van der Waals surface area contributed by atoms with Crippen LogP contribution in [0.5, 0.6) is 0 Å². The second-order valence-corrected chi connectivity index (χ2v) is 6.17. The average molecular weight is 233 g/mol. The Balaban J connectivity index is 2.45. The molecule has 1 aromatic rings. The van der Waals surface area contributed by atoms with Gasteiger partial charge in [-0.2, -0.15) is 0 Å². The van der Waals surface area contributed by atoms with Gasteiger partial charge in [0.15, 0.2) is 0 Å². The van der Waals surface area contributed by atoms with Crippen LogP contribution in [0.3, 0.4) is 0 Å². The maximum absolute atomic E-state index is 5.93. The Morgan fingerprint density at radius 3 is 2.57 bits per heavy atom. The number of nitrogens with two attached hydrogens (primary N) is 1. The summed E-state index contributed by atoms with van der Waals surface area (Å²) in [5, 5.41) is 0. The maximum atomic E-state index is 5.93. The molecule has 80 valence electrons. The van der Waals surface area contributed by atoms with E-state index in [0.29, 0.717) is 0 Å². The number of likely N-dealkylation sites (N-methyl/N-ethyl adjacent to an activating group) is 1. The molecule has 0 atom stereocenters. The topological polar surface area (TPSA) is 29.3 Å². The Morgan fingerprint density at radius 1 is 1.50 bits per heavy atom. The summed E-state index contributed by atoms with van der Waals surface area (Å²) in [6, 6.07) is 4.00. The van der Waals surface area contributed by atoms with Crippen LogP contribution < -0.4 is 5.73 Å². The number of nitrogens with zero attached hydrogens (tertiary/aromatic N) is 1. The Bertz CT molecular complexity index is 291. The number of rotatable bonds is 4. The highest BCUT2D eigenvalue weighted by Crippen LogP contribution is 2.22. The molecule has 0 unspecified atom stereocenters. The highest BCUT2D eigenvalue weighted by Gasteiger charge is 2.14. The van der Waals surface area contributed by atoms with Crippen LogP contribution >= 0.6 is 22.9 Å².